The molecule has 0 bridgehead atoms. The Balaban J connectivity index is 1.90. The van der Waals surface area contributed by atoms with Crippen LogP contribution >= 0.6 is 0 Å². The van der Waals surface area contributed by atoms with Gasteiger partial charge in [0.25, 0.3) is 0 Å². The van der Waals surface area contributed by atoms with E-state index >= 15 is 0 Å². The molecule has 1 aliphatic heterocycles. The molecule has 0 spiro atoms. The molecule has 0 aliphatic carbocycles. The molecule has 2 rings (SSSR count). The maximum absolute atomic E-state index is 12.7. The molecule has 5 heteroatoms. The first kappa shape index (κ1) is 12.5. The molecule has 0 N–H and O–H groups in total. The maximum Gasteiger partial charge on any atom is 0.410 e. The molecule has 1 amide bonds. The number of amides is 1. The number of hydrogen-bond acceptors (Lipinski definition) is 3. The number of benzene rings is 1. The van der Waals surface area contributed by atoms with Crippen LogP contribution in [0.2, 0.25) is 0 Å². The third-order valence-electron chi connectivity index (χ3n) is 2.95. The first-order valence-electron chi connectivity index (χ1n) is 5.85. The van der Waals surface area contributed by atoms with Crippen molar-refractivity contribution in [3.05, 3.63) is 35.9 Å². The standard InChI is InChI=1S/C13H14FNO3/c14-12(16)11-7-4-8-15(11)13(17)18-9-10-5-2-1-3-6-10/h1-3,5-6,11H,4,7-9H2/t11-/m0/s1. The zero-order valence-electron chi connectivity index (χ0n) is 9.84. The molecule has 0 aromatic heterocycles. The van der Waals surface area contributed by atoms with Crippen LogP contribution < -0.4 is 0 Å². The molecule has 1 aliphatic rings. The van der Waals surface area contributed by atoms with Gasteiger partial charge in [-0.05, 0) is 18.4 Å². The summed E-state index contributed by atoms with van der Waals surface area (Å²) >= 11 is 0. The number of carbonyl (C=O) groups is 2. The van der Waals surface area contributed by atoms with Crippen molar-refractivity contribution < 1.29 is 18.7 Å². The van der Waals surface area contributed by atoms with Gasteiger partial charge in [0.1, 0.15) is 12.6 Å². The molecule has 96 valence electrons. The molecule has 1 aromatic carbocycles. The van der Waals surface area contributed by atoms with Gasteiger partial charge in [-0.1, -0.05) is 30.3 Å². The fraction of sp³-hybridized carbons (Fsp3) is 0.385. The fourth-order valence-electron chi connectivity index (χ4n) is 2.02. The lowest BCUT2D eigenvalue weighted by molar-refractivity contribution is -0.133. The second kappa shape index (κ2) is 5.62. The molecule has 0 radical (unpaired) electrons. The van der Waals surface area contributed by atoms with Crippen molar-refractivity contribution in [2.75, 3.05) is 6.54 Å². The summed E-state index contributed by atoms with van der Waals surface area (Å²) in [6.07, 6.45) is 0.364. The molecule has 0 unspecified atom stereocenters. The van der Waals surface area contributed by atoms with Crippen LogP contribution in [0.15, 0.2) is 30.3 Å². The van der Waals surface area contributed by atoms with Crippen LogP contribution in [0.4, 0.5) is 9.18 Å². The first-order chi connectivity index (χ1) is 8.68. The number of likely N-dealkylation sites (tertiary alicyclic amines) is 1. The smallest absolute Gasteiger partial charge is 0.410 e. The summed E-state index contributed by atoms with van der Waals surface area (Å²) in [4.78, 5) is 23.6. The minimum Gasteiger partial charge on any atom is -0.445 e. The zero-order valence-corrected chi connectivity index (χ0v) is 9.84. The van der Waals surface area contributed by atoms with E-state index in [0.29, 0.717) is 19.4 Å². The molecule has 1 heterocycles. The highest BCUT2D eigenvalue weighted by molar-refractivity contribution is 5.81. The predicted octanol–water partition coefficient (Wildman–Crippen LogP) is 2.28. The molecule has 1 atom stereocenters. The SMILES string of the molecule is O=C(F)[C@@H]1CCCN1C(=O)OCc1ccccc1. The summed E-state index contributed by atoms with van der Waals surface area (Å²) < 4.78 is 17.8. The van der Waals surface area contributed by atoms with Crippen LogP contribution in [0.3, 0.4) is 0 Å². The lowest BCUT2D eigenvalue weighted by Crippen LogP contribution is -2.39. The topological polar surface area (TPSA) is 46.6 Å². The summed E-state index contributed by atoms with van der Waals surface area (Å²) in [5, 5.41) is 0. The van der Waals surface area contributed by atoms with Crippen molar-refractivity contribution >= 4 is 12.1 Å². The third-order valence-corrected chi connectivity index (χ3v) is 2.95. The Bertz CT molecular complexity index is 435. The number of ether oxygens (including phenoxy) is 1. The lowest BCUT2D eigenvalue weighted by Gasteiger charge is -2.20. The van der Waals surface area contributed by atoms with E-state index in [9.17, 15) is 14.0 Å². The second-order valence-electron chi connectivity index (χ2n) is 4.20. The van der Waals surface area contributed by atoms with Crippen molar-refractivity contribution in [3.63, 3.8) is 0 Å². The van der Waals surface area contributed by atoms with Crippen molar-refractivity contribution in [2.24, 2.45) is 0 Å². The van der Waals surface area contributed by atoms with Crippen LogP contribution in [0.5, 0.6) is 0 Å². The number of hydrogen-bond donors (Lipinski definition) is 0. The monoisotopic (exact) mass is 251 g/mol. The minimum absolute atomic E-state index is 0.128. The minimum atomic E-state index is -1.47. The molecule has 4 nitrogen and oxygen atoms in total. The van der Waals surface area contributed by atoms with Crippen molar-refractivity contribution in [3.8, 4) is 0 Å². The second-order valence-corrected chi connectivity index (χ2v) is 4.20. The summed E-state index contributed by atoms with van der Waals surface area (Å²) in [6, 6.07) is 6.77. The van der Waals surface area contributed by atoms with Gasteiger partial charge in [0.15, 0.2) is 0 Å². The molecule has 0 saturated carbocycles. The van der Waals surface area contributed by atoms with Crippen LogP contribution in [-0.2, 0) is 16.1 Å². The quantitative estimate of drug-likeness (QED) is 0.774. The Kier molecular flexibility index (Phi) is 3.92. The van der Waals surface area contributed by atoms with E-state index in [1.807, 2.05) is 30.3 Å². The van der Waals surface area contributed by atoms with Crippen molar-refractivity contribution in [2.45, 2.75) is 25.5 Å². The Morgan fingerprint density at radius 2 is 2.06 bits per heavy atom. The maximum atomic E-state index is 12.7. The Morgan fingerprint density at radius 1 is 1.33 bits per heavy atom. The highest BCUT2D eigenvalue weighted by atomic mass is 19.1. The van der Waals surface area contributed by atoms with E-state index in [2.05, 4.69) is 0 Å². The summed E-state index contributed by atoms with van der Waals surface area (Å²) in [5.74, 6) is 0. The molecule has 18 heavy (non-hydrogen) atoms. The van der Waals surface area contributed by atoms with E-state index in [1.165, 1.54) is 0 Å². The Labute approximate surface area is 104 Å². The van der Waals surface area contributed by atoms with E-state index < -0.39 is 18.2 Å². The van der Waals surface area contributed by atoms with Crippen molar-refractivity contribution in [1.82, 2.24) is 4.90 Å². The molecular formula is C13H14FNO3. The van der Waals surface area contributed by atoms with E-state index in [4.69, 9.17) is 4.74 Å². The lowest BCUT2D eigenvalue weighted by atomic mass is 10.2. The Morgan fingerprint density at radius 3 is 2.72 bits per heavy atom. The van der Waals surface area contributed by atoms with Gasteiger partial charge in [0.05, 0.1) is 0 Å². The van der Waals surface area contributed by atoms with Gasteiger partial charge in [-0.3, -0.25) is 9.69 Å². The van der Waals surface area contributed by atoms with Crippen LogP contribution in [0.25, 0.3) is 0 Å². The number of halogens is 1. The average Bonchev–Trinajstić information content (AvgIpc) is 2.86. The first-order valence-corrected chi connectivity index (χ1v) is 5.85. The van der Waals surface area contributed by atoms with Gasteiger partial charge in [-0.15, -0.1) is 0 Å². The summed E-state index contributed by atoms with van der Waals surface area (Å²) in [7, 11) is 0. The molecule has 1 aromatic rings. The van der Waals surface area contributed by atoms with Crippen LogP contribution in [0.1, 0.15) is 18.4 Å². The highest BCUT2D eigenvalue weighted by Crippen LogP contribution is 2.19. The number of nitrogens with zero attached hydrogens (tertiary/aromatic N) is 1. The van der Waals surface area contributed by atoms with Crippen molar-refractivity contribution in [1.29, 1.82) is 0 Å². The summed E-state index contributed by atoms with van der Waals surface area (Å²) in [6.45, 7) is 0.497. The highest BCUT2D eigenvalue weighted by Gasteiger charge is 2.35. The molecule has 1 fully saturated rings. The number of rotatable bonds is 3. The van der Waals surface area contributed by atoms with Gasteiger partial charge in [0, 0.05) is 6.54 Å². The number of carbonyl (C=O) groups excluding carboxylic acids is 2. The third kappa shape index (κ3) is 2.85. The average molecular weight is 251 g/mol. The van der Waals surface area contributed by atoms with Gasteiger partial charge < -0.3 is 4.74 Å². The molecular weight excluding hydrogens is 237 g/mol. The van der Waals surface area contributed by atoms with Crippen LogP contribution in [-0.4, -0.2) is 29.6 Å². The largest absolute Gasteiger partial charge is 0.445 e. The normalized spacial score (nSPS) is 18.7. The van der Waals surface area contributed by atoms with Gasteiger partial charge >= 0.3 is 12.1 Å². The fourth-order valence-corrected chi connectivity index (χ4v) is 2.02. The van der Waals surface area contributed by atoms with E-state index in [-0.39, 0.29) is 6.61 Å². The molecule has 1 saturated heterocycles. The predicted molar refractivity (Wildman–Crippen MR) is 62.5 cm³/mol. The van der Waals surface area contributed by atoms with E-state index in [0.717, 1.165) is 10.5 Å². The zero-order chi connectivity index (χ0) is 13.0. The van der Waals surface area contributed by atoms with E-state index in [1.54, 1.807) is 0 Å². The van der Waals surface area contributed by atoms with Crippen LogP contribution in [0, 0.1) is 0 Å². The Hall–Kier alpha value is -1.91. The van der Waals surface area contributed by atoms with Gasteiger partial charge in [0.2, 0.25) is 0 Å². The summed E-state index contributed by atoms with van der Waals surface area (Å²) in [5.41, 5.74) is 0.855. The van der Waals surface area contributed by atoms with Gasteiger partial charge in [-0.25, -0.2) is 4.79 Å². The van der Waals surface area contributed by atoms with Gasteiger partial charge in [-0.2, -0.15) is 4.39 Å².